The van der Waals surface area contributed by atoms with Crippen molar-refractivity contribution in [2.75, 3.05) is 12.3 Å². The Balaban J connectivity index is 2.31. The zero-order valence-electron chi connectivity index (χ0n) is 9.60. The van der Waals surface area contributed by atoms with Gasteiger partial charge in [0, 0.05) is 12.2 Å². The number of hydrogen-bond acceptors (Lipinski definition) is 3. The molecule has 0 aliphatic carbocycles. The fourth-order valence-corrected chi connectivity index (χ4v) is 2.13. The lowest BCUT2D eigenvalue weighted by atomic mass is 10.1. The van der Waals surface area contributed by atoms with Crippen molar-refractivity contribution in [1.82, 2.24) is 4.90 Å². The van der Waals surface area contributed by atoms with Crippen molar-refractivity contribution in [3.63, 3.8) is 0 Å². The molecule has 96 valence electrons. The summed E-state index contributed by atoms with van der Waals surface area (Å²) in [5.41, 5.74) is 5.79. The topological polar surface area (TPSA) is 83.6 Å². The van der Waals surface area contributed by atoms with Crippen LogP contribution < -0.4 is 5.73 Å². The van der Waals surface area contributed by atoms with Crippen molar-refractivity contribution >= 4 is 17.6 Å². The number of aliphatic carboxylic acids is 1. The number of carboxylic acids is 1. The maximum Gasteiger partial charge on any atom is 0.326 e. The van der Waals surface area contributed by atoms with Crippen LogP contribution in [-0.4, -0.2) is 34.5 Å². The molecule has 1 aromatic carbocycles. The van der Waals surface area contributed by atoms with Gasteiger partial charge in [0.15, 0.2) is 0 Å². The number of carboxylic acid groups (broad SMARTS) is 1. The van der Waals surface area contributed by atoms with Crippen LogP contribution in [0.15, 0.2) is 18.2 Å². The quantitative estimate of drug-likeness (QED) is 0.772. The molecule has 1 aliphatic rings. The number of amides is 1. The second kappa shape index (κ2) is 4.64. The van der Waals surface area contributed by atoms with E-state index >= 15 is 0 Å². The SMILES string of the molecule is Nc1ccc(F)cc1C(=O)N1CCC[C@H]1C(=O)O. The minimum absolute atomic E-state index is 0.0168. The van der Waals surface area contributed by atoms with E-state index in [0.29, 0.717) is 19.4 Å². The summed E-state index contributed by atoms with van der Waals surface area (Å²) in [6.07, 6.45) is 1.04. The molecule has 0 unspecified atom stereocenters. The fourth-order valence-electron chi connectivity index (χ4n) is 2.13. The number of carbonyl (C=O) groups excluding carboxylic acids is 1. The molecular weight excluding hydrogens is 239 g/mol. The third-order valence-corrected chi connectivity index (χ3v) is 3.04. The summed E-state index contributed by atoms with van der Waals surface area (Å²) >= 11 is 0. The van der Waals surface area contributed by atoms with Gasteiger partial charge in [-0.1, -0.05) is 0 Å². The Morgan fingerprint density at radius 1 is 1.44 bits per heavy atom. The summed E-state index contributed by atoms with van der Waals surface area (Å²) < 4.78 is 13.1. The Labute approximate surface area is 103 Å². The van der Waals surface area contributed by atoms with Crippen LogP contribution in [0.25, 0.3) is 0 Å². The fraction of sp³-hybridized carbons (Fsp3) is 0.333. The van der Waals surface area contributed by atoms with Crippen molar-refractivity contribution in [2.45, 2.75) is 18.9 Å². The second-order valence-electron chi connectivity index (χ2n) is 4.23. The molecule has 6 heteroatoms. The number of anilines is 1. The summed E-state index contributed by atoms with van der Waals surface area (Å²) in [5.74, 6) is -2.15. The van der Waals surface area contributed by atoms with Crippen LogP contribution >= 0.6 is 0 Å². The van der Waals surface area contributed by atoms with E-state index in [4.69, 9.17) is 10.8 Å². The molecule has 3 N–H and O–H groups in total. The summed E-state index contributed by atoms with van der Waals surface area (Å²) in [6, 6.07) is 2.65. The van der Waals surface area contributed by atoms with Crippen LogP contribution in [0.5, 0.6) is 0 Å². The maximum absolute atomic E-state index is 13.1. The Hall–Kier alpha value is -2.11. The van der Waals surface area contributed by atoms with Gasteiger partial charge >= 0.3 is 5.97 Å². The highest BCUT2D eigenvalue weighted by Crippen LogP contribution is 2.23. The lowest BCUT2D eigenvalue weighted by Crippen LogP contribution is -2.40. The lowest BCUT2D eigenvalue weighted by Gasteiger charge is -2.22. The first-order valence-corrected chi connectivity index (χ1v) is 5.59. The molecule has 1 amide bonds. The number of halogens is 1. The molecule has 0 radical (unpaired) electrons. The number of nitrogen functional groups attached to an aromatic ring is 1. The van der Waals surface area contributed by atoms with Gasteiger partial charge in [-0.25, -0.2) is 9.18 Å². The third-order valence-electron chi connectivity index (χ3n) is 3.04. The molecule has 2 rings (SSSR count). The van der Waals surface area contributed by atoms with Gasteiger partial charge in [-0.05, 0) is 31.0 Å². The Kier molecular flexibility index (Phi) is 3.18. The smallest absolute Gasteiger partial charge is 0.326 e. The monoisotopic (exact) mass is 252 g/mol. The molecule has 0 saturated carbocycles. The molecule has 1 aromatic rings. The second-order valence-corrected chi connectivity index (χ2v) is 4.23. The Morgan fingerprint density at radius 2 is 2.17 bits per heavy atom. The first-order chi connectivity index (χ1) is 8.50. The van der Waals surface area contributed by atoms with Crippen molar-refractivity contribution in [3.8, 4) is 0 Å². The Bertz CT molecular complexity index is 504. The zero-order valence-corrected chi connectivity index (χ0v) is 9.60. The van der Waals surface area contributed by atoms with Gasteiger partial charge in [-0.2, -0.15) is 0 Å². The molecule has 0 aromatic heterocycles. The number of carbonyl (C=O) groups is 2. The molecule has 0 spiro atoms. The first-order valence-electron chi connectivity index (χ1n) is 5.59. The highest BCUT2D eigenvalue weighted by atomic mass is 19.1. The minimum atomic E-state index is -1.05. The van der Waals surface area contributed by atoms with Gasteiger partial charge in [0.2, 0.25) is 0 Å². The molecule has 1 atom stereocenters. The number of nitrogens with zero attached hydrogens (tertiary/aromatic N) is 1. The molecule has 1 saturated heterocycles. The lowest BCUT2D eigenvalue weighted by molar-refractivity contribution is -0.141. The van der Waals surface area contributed by atoms with E-state index in [1.165, 1.54) is 11.0 Å². The molecule has 1 heterocycles. The summed E-state index contributed by atoms with van der Waals surface area (Å²) in [6.45, 7) is 0.353. The normalized spacial score (nSPS) is 18.9. The number of hydrogen-bond donors (Lipinski definition) is 2. The van der Waals surface area contributed by atoms with Crippen molar-refractivity contribution < 1.29 is 19.1 Å². The van der Waals surface area contributed by atoms with Crippen LogP contribution in [0.4, 0.5) is 10.1 Å². The average Bonchev–Trinajstić information content (AvgIpc) is 2.80. The summed E-state index contributed by atoms with van der Waals surface area (Å²) in [4.78, 5) is 24.4. The molecule has 0 bridgehead atoms. The highest BCUT2D eigenvalue weighted by molar-refractivity contribution is 6.01. The molecule has 18 heavy (non-hydrogen) atoms. The van der Waals surface area contributed by atoms with Crippen LogP contribution in [0.3, 0.4) is 0 Å². The van der Waals surface area contributed by atoms with E-state index in [1.54, 1.807) is 0 Å². The van der Waals surface area contributed by atoms with E-state index in [2.05, 4.69) is 0 Å². The van der Waals surface area contributed by atoms with E-state index in [9.17, 15) is 14.0 Å². The van der Waals surface area contributed by atoms with Gasteiger partial charge in [-0.15, -0.1) is 0 Å². The van der Waals surface area contributed by atoms with Crippen LogP contribution in [0.2, 0.25) is 0 Å². The van der Waals surface area contributed by atoms with E-state index in [1.807, 2.05) is 0 Å². The van der Waals surface area contributed by atoms with Gasteiger partial charge in [-0.3, -0.25) is 4.79 Å². The molecule has 5 nitrogen and oxygen atoms in total. The van der Waals surface area contributed by atoms with Gasteiger partial charge in [0.25, 0.3) is 5.91 Å². The predicted molar refractivity (Wildman–Crippen MR) is 62.5 cm³/mol. The summed E-state index contributed by atoms with van der Waals surface area (Å²) in [7, 11) is 0. The largest absolute Gasteiger partial charge is 0.480 e. The molecule has 1 aliphatic heterocycles. The maximum atomic E-state index is 13.1. The molecular formula is C12H13FN2O3. The highest BCUT2D eigenvalue weighted by Gasteiger charge is 2.35. The number of nitrogens with two attached hydrogens (primary N) is 1. The molecule has 1 fully saturated rings. The summed E-state index contributed by atoms with van der Waals surface area (Å²) in [5, 5.41) is 9.00. The number of benzene rings is 1. The van der Waals surface area contributed by atoms with Crippen LogP contribution in [-0.2, 0) is 4.79 Å². The van der Waals surface area contributed by atoms with Crippen LogP contribution in [0, 0.1) is 5.82 Å². The van der Waals surface area contributed by atoms with Gasteiger partial charge in [0.1, 0.15) is 11.9 Å². The van der Waals surface area contributed by atoms with Gasteiger partial charge in [0.05, 0.1) is 5.56 Å². The number of rotatable bonds is 2. The minimum Gasteiger partial charge on any atom is -0.480 e. The zero-order chi connectivity index (χ0) is 13.3. The average molecular weight is 252 g/mol. The van der Waals surface area contributed by atoms with Gasteiger partial charge < -0.3 is 15.7 Å². The van der Waals surface area contributed by atoms with Crippen molar-refractivity contribution in [2.24, 2.45) is 0 Å². The van der Waals surface area contributed by atoms with E-state index in [0.717, 1.165) is 12.1 Å². The first kappa shape index (κ1) is 12.3. The van der Waals surface area contributed by atoms with Crippen molar-refractivity contribution in [3.05, 3.63) is 29.6 Å². The van der Waals surface area contributed by atoms with E-state index < -0.39 is 23.7 Å². The number of likely N-dealkylation sites (tertiary alicyclic amines) is 1. The van der Waals surface area contributed by atoms with Crippen LogP contribution in [0.1, 0.15) is 23.2 Å². The Morgan fingerprint density at radius 3 is 2.83 bits per heavy atom. The third kappa shape index (κ3) is 2.13. The predicted octanol–water partition coefficient (Wildman–Crippen LogP) is 1.10. The van der Waals surface area contributed by atoms with E-state index in [-0.39, 0.29) is 11.3 Å². The van der Waals surface area contributed by atoms with Crippen molar-refractivity contribution in [1.29, 1.82) is 0 Å². The standard InChI is InChI=1S/C12H13FN2O3/c13-7-3-4-9(14)8(6-7)11(16)15-5-1-2-10(15)12(17)18/h3-4,6,10H,1-2,5,14H2,(H,17,18)/t10-/m0/s1.